The highest BCUT2D eigenvalue weighted by molar-refractivity contribution is 5.92. The molecule has 1 unspecified atom stereocenters. The van der Waals surface area contributed by atoms with Crippen LogP contribution in [0.3, 0.4) is 0 Å². The predicted molar refractivity (Wildman–Crippen MR) is 174 cm³/mol. The SMILES string of the molecule is O=C(Cc1ccccc1)Nc1ccc(C(N2CCN(Cc3ccccn3)CCN(Cc3ccccn3)CC2)n2nccn2)cc1. The van der Waals surface area contributed by atoms with E-state index < -0.39 is 0 Å². The van der Waals surface area contributed by atoms with Crippen molar-refractivity contribution in [2.24, 2.45) is 0 Å². The normalized spacial score (nSPS) is 15.9. The third-order valence-electron chi connectivity index (χ3n) is 8.06. The van der Waals surface area contributed by atoms with Gasteiger partial charge in [0, 0.05) is 70.4 Å². The summed E-state index contributed by atoms with van der Waals surface area (Å²) in [5, 5.41) is 12.2. The molecule has 1 amide bonds. The van der Waals surface area contributed by atoms with Gasteiger partial charge in [-0.15, -0.1) is 0 Å². The Morgan fingerprint density at radius 1 is 0.644 bits per heavy atom. The first-order chi connectivity index (χ1) is 22.2. The smallest absolute Gasteiger partial charge is 0.228 e. The highest BCUT2D eigenvalue weighted by Gasteiger charge is 2.27. The minimum absolute atomic E-state index is 0.0414. The van der Waals surface area contributed by atoms with Crippen molar-refractivity contribution in [1.29, 1.82) is 0 Å². The number of hydrogen-bond donors (Lipinski definition) is 1. The van der Waals surface area contributed by atoms with Crippen LogP contribution < -0.4 is 5.32 Å². The summed E-state index contributed by atoms with van der Waals surface area (Å²) >= 11 is 0. The van der Waals surface area contributed by atoms with Crippen molar-refractivity contribution in [3.05, 3.63) is 138 Å². The average molecular weight is 602 g/mol. The van der Waals surface area contributed by atoms with Crippen LogP contribution in [0.2, 0.25) is 0 Å². The molecule has 3 aromatic heterocycles. The first-order valence-corrected chi connectivity index (χ1v) is 15.5. The zero-order chi connectivity index (χ0) is 30.7. The van der Waals surface area contributed by atoms with E-state index in [9.17, 15) is 4.79 Å². The second-order valence-corrected chi connectivity index (χ2v) is 11.3. The minimum Gasteiger partial charge on any atom is -0.326 e. The summed E-state index contributed by atoms with van der Waals surface area (Å²) in [6.45, 7) is 6.83. The third-order valence-corrected chi connectivity index (χ3v) is 8.06. The van der Waals surface area contributed by atoms with E-state index in [4.69, 9.17) is 0 Å². The molecule has 2 aromatic carbocycles. The van der Waals surface area contributed by atoms with Crippen LogP contribution in [0, 0.1) is 0 Å². The molecule has 1 aliphatic rings. The van der Waals surface area contributed by atoms with E-state index in [1.54, 1.807) is 17.2 Å². The van der Waals surface area contributed by atoms with Gasteiger partial charge in [-0.3, -0.25) is 29.5 Å². The molecule has 0 aliphatic carbocycles. The average Bonchev–Trinajstić information content (AvgIpc) is 3.63. The summed E-state index contributed by atoms with van der Waals surface area (Å²) in [5.74, 6) is -0.0414. The van der Waals surface area contributed by atoms with Crippen molar-refractivity contribution >= 4 is 11.6 Å². The Kier molecular flexibility index (Phi) is 10.3. The van der Waals surface area contributed by atoms with Gasteiger partial charge in [-0.1, -0.05) is 54.6 Å². The number of rotatable bonds is 10. The van der Waals surface area contributed by atoms with E-state index in [0.717, 1.165) is 80.6 Å². The zero-order valence-corrected chi connectivity index (χ0v) is 25.4. The largest absolute Gasteiger partial charge is 0.326 e. The van der Waals surface area contributed by atoms with E-state index in [0.29, 0.717) is 6.42 Å². The van der Waals surface area contributed by atoms with Crippen molar-refractivity contribution in [1.82, 2.24) is 39.7 Å². The first-order valence-electron chi connectivity index (χ1n) is 15.5. The third kappa shape index (κ3) is 8.66. The van der Waals surface area contributed by atoms with Crippen LogP contribution in [0.25, 0.3) is 0 Å². The maximum Gasteiger partial charge on any atom is 0.228 e. The van der Waals surface area contributed by atoms with Gasteiger partial charge in [0.2, 0.25) is 5.91 Å². The van der Waals surface area contributed by atoms with E-state index in [1.165, 1.54) is 0 Å². The fourth-order valence-electron chi connectivity index (χ4n) is 5.73. The summed E-state index contributed by atoms with van der Waals surface area (Å²) in [5.41, 5.74) is 4.93. The van der Waals surface area contributed by atoms with Gasteiger partial charge in [0.1, 0.15) is 6.17 Å². The lowest BCUT2D eigenvalue weighted by Gasteiger charge is -2.33. The highest BCUT2D eigenvalue weighted by atomic mass is 16.1. The number of hydrogen-bond acceptors (Lipinski definition) is 8. The van der Waals surface area contributed by atoms with Gasteiger partial charge in [0.15, 0.2) is 0 Å². The number of carbonyl (C=O) groups excluding carboxylic acids is 1. The van der Waals surface area contributed by atoms with Crippen LogP contribution in [-0.4, -0.2) is 84.8 Å². The number of amides is 1. The second kappa shape index (κ2) is 15.3. The lowest BCUT2D eigenvalue weighted by Crippen LogP contribution is -2.42. The number of aromatic nitrogens is 5. The van der Waals surface area contributed by atoms with Gasteiger partial charge in [-0.05, 0) is 47.5 Å². The molecule has 0 spiro atoms. The molecule has 1 fully saturated rings. The van der Waals surface area contributed by atoms with E-state index in [-0.39, 0.29) is 12.1 Å². The fourth-order valence-corrected chi connectivity index (χ4v) is 5.73. The Bertz CT molecular complexity index is 1530. The molecule has 5 aromatic rings. The van der Waals surface area contributed by atoms with Crippen LogP contribution in [0.4, 0.5) is 5.69 Å². The molecule has 45 heavy (non-hydrogen) atoms. The lowest BCUT2D eigenvalue weighted by molar-refractivity contribution is -0.115. The summed E-state index contributed by atoms with van der Waals surface area (Å²) in [6, 6.07) is 30.0. The van der Waals surface area contributed by atoms with Crippen LogP contribution in [0.5, 0.6) is 0 Å². The van der Waals surface area contributed by atoms with Crippen LogP contribution in [-0.2, 0) is 24.3 Å². The molecule has 1 atom stereocenters. The quantitative estimate of drug-likeness (QED) is 0.256. The number of nitrogens with zero attached hydrogens (tertiary/aromatic N) is 8. The van der Waals surface area contributed by atoms with Crippen molar-refractivity contribution in [2.75, 3.05) is 44.6 Å². The summed E-state index contributed by atoms with van der Waals surface area (Å²) < 4.78 is 0. The van der Waals surface area contributed by atoms with Gasteiger partial charge in [-0.25, -0.2) is 0 Å². The number of benzene rings is 2. The number of pyridine rings is 2. The number of nitrogens with one attached hydrogen (secondary N) is 1. The molecule has 0 radical (unpaired) electrons. The Hall–Kier alpha value is -4.77. The van der Waals surface area contributed by atoms with Crippen LogP contribution in [0.15, 0.2) is 116 Å². The maximum atomic E-state index is 12.7. The molecule has 230 valence electrons. The Labute approximate surface area is 264 Å². The first kappa shape index (κ1) is 30.3. The molecule has 6 rings (SSSR count). The van der Waals surface area contributed by atoms with E-state index >= 15 is 0 Å². The maximum absolute atomic E-state index is 12.7. The van der Waals surface area contributed by atoms with Crippen molar-refractivity contribution in [2.45, 2.75) is 25.7 Å². The monoisotopic (exact) mass is 601 g/mol. The topological polar surface area (TPSA) is 95.3 Å². The Balaban J connectivity index is 1.22. The fraction of sp³-hybridized carbons (Fsp3) is 0.286. The van der Waals surface area contributed by atoms with Crippen molar-refractivity contribution in [3.63, 3.8) is 0 Å². The van der Waals surface area contributed by atoms with Gasteiger partial charge >= 0.3 is 0 Å². The van der Waals surface area contributed by atoms with Crippen molar-refractivity contribution < 1.29 is 4.79 Å². The van der Waals surface area contributed by atoms with Crippen LogP contribution >= 0.6 is 0 Å². The molecular weight excluding hydrogens is 562 g/mol. The predicted octanol–water partition coefficient (Wildman–Crippen LogP) is 4.12. The molecule has 1 saturated heterocycles. The van der Waals surface area contributed by atoms with Gasteiger partial charge in [0.25, 0.3) is 0 Å². The zero-order valence-electron chi connectivity index (χ0n) is 25.4. The minimum atomic E-state index is -0.208. The summed E-state index contributed by atoms with van der Waals surface area (Å²) in [6.07, 6.45) is 7.29. The van der Waals surface area contributed by atoms with Crippen molar-refractivity contribution in [3.8, 4) is 0 Å². The number of anilines is 1. The molecule has 10 heteroatoms. The van der Waals surface area contributed by atoms with Gasteiger partial charge in [0.05, 0.1) is 30.2 Å². The molecular formula is C35H39N9O. The molecule has 0 bridgehead atoms. The van der Waals surface area contributed by atoms with Gasteiger partial charge in [-0.2, -0.15) is 15.0 Å². The summed E-state index contributed by atoms with van der Waals surface area (Å²) in [4.78, 5) is 31.1. The summed E-state index contributed by atoms with van der Waals surface area (Å²) in [7, 11) is 0. The standard InChI is InChI=1S/C35H39N9O/c45-34(26-29-8-2-1-3-9-29)40-31-14-12-30(13-15-31)35(44-38-18-19-39-44)43-24-22-41(27-32-10-4-6-16-36-32)20-21-42(23-25-43)28-33-11-5-7-17-37-33/h1-19,35H,20-28H2,(H,40,45). The van der Waals surface area contributed by atoms with E-state index in [1.807, 2.05) is 79.1 Å². The van der Waals surface area contributed by atoms with E-state index in [2.05, 4.69) is 64.4 Å². The molecule has 0 saturated carbocycles. The highest BCUT2D eigenvalue weighted by Crippen LogP contribution is 2.24. The molecule has 4 heterocycles. The van der Waals surface area contributed by atoms with Crippen LogP contribution in [0.1, 0.15) is 28.7 Å². The number of carbonyl (C=O) groups is 1. The Morgan fingerprint density at radius 2 is 1.20 bits per heavy atom. The molecule has 10 nitrogen and oxygen atoms in total. The lowest BCUT2D eigenvalue weighted by atomic mass is 10.1. The Morgan fingerprint density at radius 3 is 1.76 bits per heavy atom. The van der Waals surface area contributed by atoms with Gasteiger partial charge < -0.3 is 5.32 Å². The molecule has 1 N–H and O–H groups in total. The second-order valence-electron chi connectivity index (χ2n) is 11.3. The molecule has 1 aliphatic heterocycles.